The molecule has 1 unspecified atom stereocenters. The molecule has 0 radical (unpaired) electrons. The fourth-order valence-electron chi connectivity index (χ4n) is 1.87. The summed E-state index contributed by atoms with van der Waals surface area (Å²) in [5, 5.41) is 9.70. The molecule has 0 aliphatic rings. The number of aliphatic hydroxyl groups is 1. The molecule has 0 aliphatic heterocycles. The monoisotopic (exact) mass is 254 g/mol. The molecule has 0 heterocycles. The van der Waals surface area contributed by atoms with Crippen LogP contribution in [0.1, 0.15) is 12.0 Å². The van der Waals surface area contributed by atoms with Crippen molar-refractivity contribution >= 4 is 0 Å². The number of rotatable bonds is 6. The Morgan fingerprint density at radius 1 is 1.00 bits per heavy atom. The lowest BCUT2D eigenvalue weighted by molar-refractivity contribution is 0.178. The minimum absolute atomic E-state index is 0.363. The predicted octanol–water partition coefficient (Wildman–Crippen LogP) is 3.96. The van der Waals surface area contributed by atoms with E-state index in [1.54, 1.807) is 6.08 Å². The third-order valence-corrected chi connectivity index (χ3v) is 2.81. The molecule has 0 fully saturated rings. The van der Waals surface area contributed by atoms with E-state index in [2.05, 4.69) is 6.58 Å². The van der Waals surface area contributed by atoms with Crippen LogP contribution in [0.25, 0.3) is 0 Å². The summed E-state index contributed by atoms with van der Waals surface area (Å²) < 4.78 is 5.71. The molecule has 2 rings (SSSR count). The molecule has 2 nitrogen and oxygen atoms in total. The molecule has 2 heteroatoms. The Morgan fingerprint density at radius 2 is 1.63 bits per heavy atom. The van der Waals surface area contributed by atoms with Gasteiger partial charge in [0.2, 0.25) is 0 Å². The van der Waals surface area contributed by atoms with Gasteiger partial charge in [-0.15, -0.1) is 6.58 Å². The van der Waals surface area contributed by atoms with Crippen LogP contribution in [0.15, 0.2) is 67.3 Å². The van der Waals surface area contributed by atoms with E-state index in [0.717, 1.165) is 17.1 Å². The second-order valence-electron chi connectivity index (χ2n) is 4.44. The van der Waals surface area contributed by atoms with Gasteiger partial charge in [0, 0.05) is 0 Å². The third kappa shape index (κ3) is 4.27. The molecular weight excluding hydrogens is 236 g/mol. The molecule has 0 bridgehead atoms. The minimum atomic E-state index is -0.363. The SMILES string of the molecule is C=CCC(O)Cc1ccc(Oc2ccccc2)cc1. The lowest BCUT2D eigenvalue weighted by Gasteiger charge is -2.09. The van der Waals surface area contributed by atoms with Crippen molar-refractivity contribution in [3.63, 3.8) is 0 Å². The van der Waals surface area contributed by atoms with Crippen LogP contribution < -0.4 is 4.74 Å². The summed E-state index contributed by atoms with van der Waals surface area (Å²) in [6.45, 7) is 3.62. The summed E-state index contributed by atoms with van der Waals surface area (Å²) in [4.78, 5) is 0. The van der Waals surface area contributed by atoms with E-state index in [1.165, 1.54) is 0 Å². The normalized spacial score (nSPS) is 11.8. The zero-order valence-electron chi connectivity index (χ0n) is 10.8. The topological polar surface area (TPSA) is 29.5 Å². The number of aliphatic hydroxyl groups excluding tert-OH is 1. The first-order chi connectivity index (χ1) is 9.28. The molecule has 0 saturated heterocycles. The third-order valence-electron chi connectivity index (χ3n) is 2.81. The number of hydrogen-bond acceptors (Lipinski definition) is 2. The van der Waals surface area contributed by atoms with Crippen LogP contribution in [0, 0.1) is 0 Å². The second-order valence-corrected chi connectivity index (χ2v) is 4.44. The van der Waals surface area contributed by atoms with Crippen molar-refractivity contribution in [2.75, 3.05) is 0 Å². The van der Waals surface area contributed by atoms with E-state index >= 15 is 0 Å². The molecule has 2 aromatic rings. The summed E-state index contributed by atoms with van der Waals surface area (Å²) in [5.41, 5.74) is 1.09. The molecule has 0 aliphatic carbocycles. The maximum Gasteiger partial charge on any atom is 0.127 e. The van der Waals surface area contributed by atoms with Crippen molar-refractivity contribution in [2.45, 2.75) is 18.9 Å². The number of ether oxygens (including phenoxy) is 1. The van der Waals surface area contributed by atoms with Gasteiger partial charge in [-0.3, -0.25) is 0 Å². The van der Waals surface area contributed by atoms with Gasteiger partial charge in [-0.05, 0) is 42.7 Å². The maximum atomic E-state index is 9.70. The fraction of sp³-hybridized carbons (Fsp3) is 0.176. The van der Waals surface area contributed by atoms with E-state index in [4.69, 9.17) is 4.74 Å². The average molecular weight is 254 g/mol. The van der Waals surface area contributed by atoms with Crippen LogP contribution >= 0.6 is 0 Å². The van der Waals surface area contributed by atoms with Crippen LogP contribution in [-0.2, 0) is 6.42 Å². The van der Waals surface area contributed by atoms with Gasteiger partial charge in [0.25, 0.3) is 0 Å². The second kappa shape index (κ2) is 6.76. The summed E-state index contributed by atoms with van der Waals surface area (Å²) >= 11 is 0. The lowest BCUT2D eigenvalue weighted by atomic mass is 10.1. The van der Waals surface area contributed by atoms with Crippen molar-refractivity contribution in [2.24, 2.45) is 0 Å². The van der Waals surface area contributed by atoms with Gasteiger partial charge >= 0.3 is 0 Å². The predicted molar refractivity (Wildman–Crippen MR) is 77.5 cm³/mol. The molecule has 0 saturated carbocycles. The minimum Gasteiger partial charge on any atom is -0.457 e. The first-order valence-electron chi connectivity index (χ1n) is 6.39. The Labute approximate surface area is 114 Å². The summed E-state index contributed by atoms with van der Waals surface area (Å²) in [6.07, 6.45) is 2.62. The Hall–Kier alpha value is -2.06. The molecule has 0 spiro atoms. The van der Waals surface area contributed by atoms with E-state index in [-0.39, 0.29) is 6.10 Å². The highest BCUT2D eigenvalue weighted by Crippen LogP contribution is 2.21. The van der Waals surface area contributed by atoms with Crippen LogP contribution in [-0.4, -0.2) is 11.2 Å². The zero-order chi connectivity index (χ0) is 13.5. The molecule has 1 atom stereocenters. The van der Waals surface area contributed by atoms with Crippen LogP contribution in [0.3, 0.4) is 0 Å². The van der Waals surface area contributed by atoms with Gasteiger partial charge in [-0.25, -0.2) is 0 Å². The summed E-state index contributed by atoms with van der Waals surface area (Å²) in [6, 6.07) is 17.5. The number of hydrogen-bond donors (Lipinski definition) is 1. The maximum absolute atomic E-state index is 9.70. The molecule has 0 amide bonds. The van der Waals surface area contributed by atoms with Gasteiger partial charge in [0.05, 0.1) is 6.10 Å². The van der Waals surface area contributed by atoms with E-state index < -0.39 is 0 Å². The molecule has 2 aromatic carbocycles. The Kier molecular flexibility index (Phi) is 4.76. The Bertz CT molecular complexity index is 503. The first kappa shape index (κ1) is 13.4. The highest BCUT2D eigenvalue weighted by Gasteiger charge is 2.04. The number of para-hydroxylation sites is 1. The smallest absolute Gasteiger partial charge is 0.127 e. The fourth-order valence-corrected chi connectivity index (χ4v) is 1.87. The quantitative estimate of drug-likeness (QED) is 0.791. The van der Waals surface area contributed by atoms with Gasteiger partial charge in [0.1, 0.15) is 11.5 Å². The van der Waals surface area contributed by atoms with Crippen molar-refractivity contribution in [3.05, 3.63) is 72.8 Å². The standard InChI is InChI=1S/C17H18O2/c1-2-6-15(18)13-14-9-11-17(12-10-14)19-16-7-4-3-5-8-16/h2-5,7-12,15,18H,1,6,13H2. The van der Waals surface area contributed by atoms with E-state index in [9.17, 15) is 5.11 Å². The molecule has 1 N–H and O–H groups in total. The van der Waals surface area contributed by atoms with Crippen molar-refractivity contribution in [3.8, 4) is 11.5 Å². The molecule has 19 heavy (non-hydrogen) atoms. The van der Waals surface area contributed by atoms with Crippen molar-refractivity contribution < 1.29 is 9.84 Å². The van der Waals surface area contributed by atoms with E-state index in [1.807, 2.05) is 54.6 Å². The highest BCUT2D eigenvalue weighted by molar-refractivity contribution is 5.33. The van der Waals surface area contributed by atoms with Gasteiger partial charge in [0.15, 0.2) is 0 Å². The van der Waals surface area contributed by atoms with Gasteiger partial charge in [-0.2, -0.15) is 0 Å². The van der Waals surface area contributed by atoms with Crippen LogP contribution in [0.4, 0.5) is 0 Å². The van der Waals surface area contributed by atoms with Crippen LogP contribution in [0.2, 0.25) is 0 Å². The Morgan fingerprint density at radius 3 is 2.26 bits per heavy atom. The molecule has 0 aromatic heterocycles. The molecule has 98 valence electrons. The summed E-state index contributed by atoms with van der Waals surface area (Å²) in [7, 11) is 0. The van der Waals surface area contributed by atoms with Crippen molar-refractivity contribution in [1.82, 2.24) is 0 Å². The Balaban J connectivity index is 1.96. The van der Waals surface area contributed by atoms with Crippen LogP contribution in [0.5, 0.6) is 11.5 Å². The van der Waals surface area contributed by atoms with E-state index in [0.29, 0.717) is 12.8 Å². The summed E-state index contributed by atoms with van der Waals surface area (Å²) in [5.74, 6) is 1.62. The largest absolute Gasteiger partial charge is 0.457 e. The van der Waals surface area contributed by atoms with Crippen molar-refractivity contribution in [1.29, 1.82) is 0 Å². The zero-order valence-corrected chi connectivity index (χ0v) is 10.8. The molecular formula is C17H18O2. The average Bonchev–Trinajstić information content (AvgIpc) is 2.42. The first-order valence-corrected chi connectivity index (χ1v) is 6.39. The highest BCUT2D eigenvalue weighted by atomic mass is 16.5. The van der Waals surface area contributed by atoms with Gasteiger partial charge < -0.3 is 9.84 Å². The number of benzene rings is 2. The lowest BCUT2D eigenvalue weighted by Crippen LogP contribution is -2.08. The van der Waals surface area contributed by atoms with Gasteiger partial charge in [-0.1, -0.05) is 36.4 Å².